The first kappa shape index (κ1) is 15.9. The van der Waals surface area contributed by atoms with Gasteiger partial charge in [0.25, 0.3) is 0 Å². The lowest BCUT2D eigenvalue weighted by Crippen LogP contribution is -2.60. The number of piperidine rings is 1. The van der Waals surface area contributed by atoms with E-state index in [0.717, 1.165) is 13.1 Å². The molecule has 1 aliphatic rings. The van der Waals surface area contributed by atoms with Gasteiger partial charge in [0.15, 0.2) is 0 Å². The third-order valence-electron chi connectivity index (χ3n) is 4.36. The van der Waals surface area contributed by atoms with Crippen molar-refractivity contribution in [2.75, 3.05) is 33.2 Å². The quantitative estimate of drug-likeness (QED) is 0.835. The summed E-state index contributed by atoms with van der Waals surface area (Å²) < 4.78 is 0. The minimum atomic E-state index is 0.221. The van der Waals surface area contributed by atoms with Crippen LogP contribution in [0, 0.1) is 5.41 Å². The van der Waals surface area contributed by atoms with Gasteiger partial charge in [0, 0.05) is 37.8 Å². The highest BCUT2D eigenvalue weighted by Gasteiger charge is 2.38. The van der Waals surface area contributed by atoms with E-state index >= 15 is 0 Å². The van der Waals surface area contributed by atoms with Crippen molar-refractivity contribution < 1.29 is 0 Å². The molecule has 3 heteroatoms. The van der Waals surface area contributed by atoms with Crippen LogP contribution in [0.5, 0.6) is 0 Å². The molecular formula is C15H33N3. The van der Waals surface area contributed by atoms with Crippen LogP contribution >= 0.6 is 0 Å². The lowest BCUT2D eigenvalue weighted by molar-refractivity contribution is 0.0170. The van der Waals surface area contributed by atoms with Gasteiger partial charge in [-0.1, -0.05) is 20.8 Å². The fourth-order valence-corrected chi connectivity index (χ4v) is 3.08. The third kappa shape index (κ3) is 3.94. The fraction of sp³-hybridized carbons (Fsp3) is 1.00. The van der Waals surface area contributed by atoms with Gasteiger partial charge in [-0.25, -0.2) is 0 Å². The average Bonchev–Trinajstić information content (AvgIpc) is 2.26. The Morgan fingerprint density at radius 2 is 1.72 bits per heavy atom. The van der Waals surface area contributed by atoms with E-state index in [9.17, 15) is 0 Å². The minimum absolute atomic E-state index is 0.221. The summed E-state index contributed by atoms with van der Waals surface area (Å²) in [6.45, 7) is 15.7. The molecule has 1 heterocycles. The smallest absolute Gasteiger partial charge is 0.0353 e. The highest BCUT2D eigenvalue weighted by Crippen LogP contribution is 2.30. The second kappa shape index (κ2) is 5.89. The largest absolute Gasteiger partial charge is 0.329 e. The number of nitrogens with two attached hydrogens (primary N) is 1. The maximum absolute atomic E-state index is 6.12. The Morgan fingerprint density at radius 3 is 2.06 bits per heavy atom. The molecule has 108 valence electrons. The van der Waals surface area contributed by atoms with Crippen molar-refractivity contribution in [2.45, 2.75) is 59.0 Å². The van der Waals surface area contributed by atoms with E-state index in [1.54, 1.807) is 0 Å². The Kier molecular flexibility index (Phi) is 5.22. The summed E-state index contributed by atoms with van der Waals surface area (Å²) in [6, 6.07) is 0.661. The third-order valence-corrected chi connectivity index (χ3v) is 4.36. The molecule has 0 unspecified atom stereocenters. The Balaban J connectivity index is 2.65. The van der Waals surface area contributed by atoms with Gasteiger partial charge in [-0.3, -0.25) is 4.90 Å². The van der Waals surface area contributed by atoms with Crippen LogP contribution in [0.1, 0.15) is 47.5 Å². The zero-order valence-corrected chi connectivity index (χ0v) is 13.3. The Morgan fingerprint density at radius 1 is 1.22 bits per heavy atom. The summed E-state index contributed by atoms with van der Waals surface area (Å²) in [4.78, 5) is 5.09. The first-order valence-electron chi connectivity index (χ1n) is 7.35. The molecule has 2 N–H and O–H groups in total. The van der Waals surface area contributed by atoms with E-state index in [1.165, 1.54) is 25.9 Å². The van der Waals surface area contributed by atoms with E-state index in [0.29, 0.717) is 11.5 Å². The van der Waals surface area contributed by atoms with Crippen LogP contribution < -0.4 is 5.73 Å². The van der Waals surface area contributed by atoms with E-state index in [-0.39, 0.29) is 5.54 Å². The predicted molar refractivity (Wildman–Crippen MR) is 79.8 cm³/mol. The van der Waals surface area contributed by atoms with Gasteiger partial charge < -0.3 is 10.6 Å². The average molecular weight is 255 g/mol. The number of hydrogen-bond acceptors (Lipinski definition) is 3. The number of rotatable bonds is 4. The van der Waals surface area contributed by atoms with Crippen molar-refractivity contribution in [3.05, 3.63) is 0 Å². The molecule has 0 radical (unpaired) electrons. The second-order valence-electron chi connectivity index (χ2n) is 7.47. The molecular weight excluding hydrogens is 222 g/mol. The standard InChI is InChI=1S/C15H33N3/c1-13(2)18-9-7-15(11-16,8-10-18)17(6)12-14(3,4)5/h13H,7-12,16H2,1-6H3. The number of nitrogens with zero attached hydrogens (tertiary/aromatic N) is 2. The second-order valence-corrected chi connectivity index (χ2v) is 7.47. The molecule has 0 saturated carbocycles. The maximum atomic E-state index is 6.12. The molecule has 0 bridgehead atoms. The van der Waals surface area contributed by atoms with E-state index in [1.807, 2.05) is 0 Å². The topological polar surface area (TPSA) is 32.5 Å². The highest BCUT2D eigenvalue weighted by molar-refractivity contribution is 4.96. The lowest BCUT2D eigenvalue weighted by atomic mass is 9.83. The molecule has 0 spiro atoms. The van der Waals surface area contributed by atoms with Crippen LogP contribution in [-0.4, -0.2) is 54.6 Å². The number of likely N-dealkylation sites (tertiary alicyclic amines) is 1. The van der Waals surface area contributed by atoms with Gasteiger partial charge in [0.2, 0.25) is 0 Å². The van der Waals surface area contributed by atoms with Gasteiger partial charge in [-0.15, -0.1) is 0 Å². The summed E-state index contributed by atoms with van der Waals surface area (Å²) in [5, 5.41) is 0. The first-order chi connectivity index (χ1) is 8.20. The molecule has 1 saturated heterocycles. The normalized spacial score (nSPS) is 21.8. The fourth-order valence-electron chi connectivity index (χ4n) is 3.08. The van der Waals surface area contributed by atoms with E-state index in [2.05, 4.69) is 51.5 Å². The van der Waals surface area contributed by atoms with Crippen molar-refractivity contribution in [1.82, 2.24) is 9.80 Å². The van der Waals surface area contributed by atoms with E-state index < -0.39 is 0 Å². The molecule has 0 amide bonds. The van der Waals surface area contributed by atoms with Crippen LogP contribution in [0.4, 0.5) is 0 Å². The SMILES string of the molecule is CC(C)N1CCC(CN)(N(C)CC(C)(C)C)CC1. The highest BCUT2D eigenvalue weighted by atomic mass is 15.2. The summed E-state index contributed by atoms with van der Waals surface area (Å²) in [7, 11) is 2.25. The Hall–Kier alpha value is -0.120. The monoisotopic (exact) mass is 255 g/mol. The molecule has 0 aromatic heterocycles. The van der Waals surface area contributed by atoms with Crippen LogP contribution in [0.2, 0.25) is 0 Å². The molecule has 0 aromatic carbocycles. The van der Waals surface area contributed by atoms with Gasteiger partial charge >= 0.3 is 0 Å². The van der Waals surface area contributed by atoms with Crippen molar-refractivity contribution in [3.8, 4) is 0 Å². The minimum Gasteiger partial charge on any atom is -0.329 e. The zero-order valence-electron chi connectivity index (χ0n) is 13.3. The van der Waals surface area contributed by atoms with Gasteiger partial charge in [-0.2, -0.15) is 0 Å². The van der Waals surface area contributed by atoms with Crippen molar-refractivity contribution in [3.63, 3.8) is 0 Å². The summed E-state index contributed by atoms with van der Waals surface area (Å²) in [5.74, 6) is 0. The van der Waals surface area contributed by atoms with Gasteiger partial charge in [0.1, 0.15) is 0 Å². The molecule has 1 rings (SSSR count). The number of likely N-dealkylation sites (N-methyl/N-ethyl adjacent to an activating group) is 1. The van der Waals surface area contributed by atoms with Crippen LogP contribution in [0.25, 0.3) is 0 Å². The molecule has 0 aromatic rings. The van der Waals surface area contributed by atoms with E-state index in [4.69, 9.17) is 5.73 Å². The lowest BCUT2D eigenvalue weighted by Gasteiger charge is -2.49. The molecule has 1 fully saturated rings. The summed E-state index contributed by atoms with van der Waals surface area (Å²) in [6.07, 6.45) is 2.41. The van der Waals surface area contributed by atoms with Gasteiger partial charge in [0.05, 0.1) is 0 Å². The van der Waals surface area contributed by atoms with Crippen LogP contribution in [-0.2, 0) is 0 Å². The molecule has 1 aliphatic heterocycles. The van der Waals surface area contributed by atoms with Crippen molar-refractivity contribution in [1.29, 1.82) is 0 Å². The Bertz CT molecular complexity index is 247. The van der Waals surface area contributed by atoms with Crippen molar-refractivity contribution >= 4 is 0 Å². The van der Waals surface area contributed by atoms with Crippen LogP contribution in [0.15, 0.2) is 0 Å². The number of hydrogen-bond donors (Lipinski definition) is 1. The molecule has 3 nitrogen and oxygen atoms in total. The maximum Gasteiger partial charge on any atom is 0.0353 e. The van der Waals surface area contributed by atoms with Gasteiger partial charge in [-0.05, 0) is 39.2 Å². The first-order valence-corrected chi connectivity index (χ1v) is 7.35. The summed E-state index contributed by atoms with van der Waals surface area (Å²) >= 11 is 0. The molecule has 0 aliphatic carbocycles. The van der Waals surface area contributed by atoms with Crippen molar-refractivity contribution in [2.24, 2.45) is 11.1 Å². The molecule has 18 heavy (non-hydrogen) atoms. The van der Waals surface area contributed by atoms with Crippen LogP contribution in [0.3, 0.4) is 0 Å². The molecule has 0 atom stereocenters. The predicted octanol–water partition coefficient (Wildman–Crippen LogP) is 2.17. The zero-order chi connectivity index (χ0) is 14.0. The Labute approximate surface area is 114 Å². The summed E-state index contributed by atoms with van der Waals surface area (Å²) in [5.41, 5.74) is 6.68.